The summed E-state index contributed by atoms with van der Waals surface area (Å²) in [6, 6.07) is 1.92. The van der Waals surface area contributed by atoms with Crippen LogP contribution in [-0.4, -0.2) is 59.2 Å². The van der Waals surface area contributed by atoms with Crippen LogP contribution in [0.4, 0.5) is 4.79 Å². The molecule has 1 aliphatic heterocycles. The molecule has 2 aromatic rings. The van der Waals surface area contributed by atoms with Crippen LogP contribution in [0.15, 0.2) is 24.7 Å². The van der Waals surface area contributed by atoms with Crippen molar-refractivity contribution >= 4 is 6.09 Å². The number of carbonyl (C=O) groups is 1. The fourth-order valence-electron chi connectivity index (χ4n) is 2.94. The van der Waals surface area contributed by atoms with Gasteiger partial charge < -0.3 is 19.7 Å². The van der Waals surface area contributed by atoms with E-state index >= 15 is 0 Å². The SMILES string of the molecule is COc1cnc(-c2c(C(C)(C)C)ccnc2OC(=O)N2CCNCC2)cn1. The maximum Gasteiger partial charge on any atom is 0.416 e. The highest BCUT2D eigenvalue weighted by Crippen LogP contribution is 2.37. The van der Waals surface area contributed by atoms with Gasteiger partial charge in [0, 0.05) is 32.4 Å². The van der Waals surface area contributed by atoms with Gasteiger partial charge in [-0.2, -0.15) is 0 Å². The molecular weight excluding hydrogens is 346 g/mol. The Balaban J connectivity index is 2.00. The van der Waals surface area contributed by atoms with Crippen molar-refractivity contribution in [1.29, 1.82) is 0 Å². The van der Waals surface area contributed by atoms with E-state index in [1.54, 1.807) is 17.3 Å². The zero-order valence-corrected chi connectivity index (χ0v) is 16.2. The molecule has 0 aliphatic carbocycles. The van der Waals surface area contributed by atoms with Crippen LogP contribution in [0.5, 0.6) is 11.8 Å². The number of piperazine rings is 1. The highest BCUT2D eigenvalue weighted by molar-refractivity contribution is 5.76. The van der Waals surface area contributed by atoms with Gasteiger partial charge in [-0.3, -0.25) is 0 Å². The van der Waals surface area contributed by atoms with Gasteiger partial charge in [-0.25, -0.2) is 19.7 Å². The second-order valence-electron chi connectivity index (χ2n) is 7.34. The van der Waals surface area contributed by atoms with E-state index in [9.17, 15) is 4.79 Å². The molecule has 0 bridgehead atoms. The number of aromatic nitrogens is 3. The molecule has 0 unspecified atom stereocenters. The lowest BCUT2D eigenvalue weighted by atomic mass is 9.83. The molecule has 0 atom stereocenters. The van der Waals surface area contributed by atoms with Crippen molar-refractivity contribution in [2.75, 3.05) is 33.3 Å². The lowest BCUT2D eigenvalue weighted by Gasteiger charge is -2.27. The zero-order valence-electron chi connectivity index (χ0n) is 16.2. The fraction of sp³-hybridized carbons (Fsp3) is 0.474. The molecule has 2 aromatic heterocycles. The molecular formula is C19H25N5O3. The first-order valence-electron chi connectivity index (χ1n) is 8.93. The number of nitrogens with zero attached hydrogens (tertiary/aromatic N) is 4. The number of carbonyl (C=O) groups excluding carboxylic acids is 1. The first-order chi connectivity index (χ1) is 12.9. The number of ether oxygens (including phenoxy) is 2. The predicted octanol–water partition coefficient (Wildman–Crippen LogP) is 2.25. The molecule has 1 aliphatic rings. The molecule has 1 amide bonds. The van der Waals surface area contributed by atoms with E-state index in [0.29, 0.717) is 30.2 Å². The molecule has 0 saturated carbocycles. The molecule has 8 heteroatoms. The van der Waals surface area contributed by atoms with Gasteiger partial charge in [0.05, 0.1) is 30.8 Å². The average molecular weight is 371 g/mol. The van der Waals surface area contributed by atoms with E-state index in [-0.39, 0.29) is 11.3 Å². The normalized spacial score (nSPS) is 14.7. The van der Waals surface area contributed by atoms with E-state index in [1.807, 2.05) is 6.07 Å². The summed E-state index contributed by atoms with van der Waals surface area (Å²) in [7, 11) is 1.54. The number of amides is 1. The molecule has 27 heavy (non-hydrogen) atoms. The molecule has 8 nitrogen and oxygen atoms in total. The third-order valence-corrected chi connectivity index (χ3v) is 4.38. The van der Waals surface area contributed by atoms with Gasteiger partial charge in [0.25, 0.3) is 0 Å². The summed E-state index contributed by atoms with van der Waals surface area (Å²) < 4.78 is 10.8. The topological polar surface area (TPSA) is 89.5 Å². The summed E-state index contributed by atoms with van der Waals surface area (Å²) in [6.07, 6.45) is 4.39. The second-order valence-corrected chi connectivity index (χ2v) is 7.34. The van der Waals surface area contributed by atoms with Crippen molar-refractivity contribution in [3.05, 3.63) is 30.2 Å². The summed E-state index contributed by atoms with van der Waals surface area (Å²) in [5.74, 6) is 0.657. The minimum absolute atomic E-state index is 0.198. The van der Waals surface area contributed by atoms with Gasteiger partial charge in [0.15, 0.2) is 0 Å². The predicted molar refractivity (Wildman–Crippen MR) is 101 cm³/mol. The first kappa shape index (κ1) is 19.0. The van der Waals surface area contributed by atoms with E-state index < -0.39 is 6.09 Å². The van der Waals surface area contributed by atoms with Crippen LogP contribution in [0.1, 0.15) is 26.3 Å². The monoisotopic (exact) mass is 371 g/mol. The lowest BCUT2D eigenvalue weighted by molar-refractivity contribution is 0.144. The van der Waals surface area contributed by atoms with E-state index in [4.69, 9.17) is 9.47 Å². The smallest absolute Gasteiger partial charge is 0.416 e. The third-order valence-electron chi connectivity index (χ3n) is 4.38. The van der Waals surface area contributed by atoms with Gasteiger partial charge >= 0.3 is 6.09 Å². The molecule has 1 saturated heterocycles. The van der Waals surface area contributed by atoms with Gasteiger partial charge in [-0.05, 0) is 17.0 Å². The molecule has 3 heterocycles. The highest BCUT2D eigenvalue weighted by atomic mass is 16.6. The van der Waals surface area contributed by atoms with Crippen molar-refractivity contribution in [2.24, 2.45) is 0 Å². The average Bonchev–Trinajstić information content (AvgIpc) is 2.68. The van der Waals surface area contributed by atoms with Gasteiger partial charge in [-0.1, -0.05) is 20.8 Å². The Labute approximate surface area is 158 Å². The van der Waals surface area contributed by atoms with Crippen LogP contribution in [-0.2, 0) is 5.41 Å². The molecule has 0 aromatic carbocycles. The number of pyridine rings is 1. The van der Waals surface area contributed by atoms with E-state index in [2.05, 4.69) is 41.0 Å². The quantitative estimate of drug-likeness (QED) is 0.885. The number of hydrogen-bond acceptors (Lipinski definition) is 7. The second kappa shape index (κ2) is 7.87. The van der Waals surface area contributed by atoms with Crippen LogP contribution in [0, 0.1) is 0 Å². The highest BCUT2D eigenvalue weighted by Gasteiger charge is 2.27. The number of hydrogen-bond donors (Lipinski definition) is 1. The largest absolute Gasteiger partial charge is 0.480 e. The Morgan fingerprint density at radius 3 is 2.48 bits per heavy atom. The first-order valence-corrected chi connectivity index (χ1v) is 8.93. The van der Waals surface area contributed by atoms with Gasteiger partial charge in [0.2, 0.25) is 11.8 Å². The van der Waals surface area contributed by atoms with Crippen LogP contribution in [0.3, 0.4) is 0 Å². The fourth-order valence-corrected chi connectivity index (χ4v) is 2.94. The standard InChI is InChI=1S/C19H25N5O3/c1-19(2,3)13-5-6-21-17(27-18(25)24-9-7-20-8-10-24)16(13)14-11-23-15(26-4)12-22-14/h5-6,11-12,20H,7-10H2,1-4H3. The number of rotatable bonds is 3. The molecule has 0 radical (unpaired) electrons. The van der Waals surface area contributed by atoms with Crippen LogP contribution >= 0.6 is 0 Å². The Kier molecular flexibility index (Phi) is 5.55. The summed E-state index contributed by atoms with van der Waals surface area (Å²) in [5, 5.41) is 3.22. The van der Waals surface area contributed by atoms with Gasteiger partial charge in [0.1, 0.15) is 0 Å². The lowest BCUT2D eigenvalue weighted by Crippen LogP contribution is -2.47. The van der Waals surface area contributed by atoms with E-state index in [1.165, 1.54) is 13.3 Å². The minimum atomic E-state index is -0.405. The number of nitrogens with one attached hydrogen (secondary N) is 1. The van der Waals surface area contributed by atoms with Crippen molar-refractivity contribution in [1.82, 2.24) is 25.2 Å². The Hall–Kier alpha value is -2.74. The van der Waals surface area contributed by atoms with Crippen molar-refractivity contribution < 1.29 is 14.3 Å². The molecule has 1 fully saturated rings. The van der Waals surface area contributed by atoms with Crippen LogP contribution in [0.25, 0.3) is 11.3 Å². The Morgan fingerprint density at radius 1 is 1.15 bits per heavy atom. The van der Waals surface area contributed by atoms with Gasteiger partial charge in [-0.15, -0.1) is 0 Å². The maximum absolute atomic E-state index is 12.6. The minimum Gasteiger partial charge on any atom is -0.480 e. The molecule has 1 N–H and O–H groups in total. The Bertz CT molecular complexity index is 796. The van der Waals surface area contributed by atoms with Crippen molar-refractivity contribution in [3.63, 3.8) is 0 Å². The van der Waals surface area contributed by atoms with Crippen molar-refractivity contribution in [2.45, 2.75) is 26.2 Å². The summed E-state index contributed by atoms with van der Waals surface area (Å²) >= 11 is 0. The molecule has 3 rings (SSSR count). The molecule has 144 valence electrons. The summed E-state index contributed by atoms with van der Waals surface area (Å²) in [5.41, 5.74) is 2.02. The zero-order chi connectivity index (χ0) is 19.4. The third kappa shape index (κ3) is 4.33. The summed E-state index contributed by atoms with van der Waals surface area (Å²) in [6.45, 7) is 8.98. The maximum atomic E-state index is 12.6. The van der Waals surface area contributed by atoms with Crippen molar-refractivity contribution in [3.8, 4) is 23.0 Å². The Morgan fingerprint density at radius 2 is 1.89 bits per heavy atom. The summed E-state index contributed by atoms with van der Waals surface area (Å²) in [4.78, 5) is 27.3. The molecule has 0 spiro atoms. The van der Waals surface area contributed by atoms with E-state index in [0.717, 1.165) is 18.7 Å². The van der Waals surface area contributed by atoms with Crippen LogP contribution in [0.2, 0.25) is 0 Å². The van der Waals surface area contributed by atoms with Crippen LogP contribution < -0.4 is 14.8 Å². The number of methoxy groups -OCH3 is 1.